The van der Waals surface area contributed by atoms with E-state index < -0.39 is 35.4 Å². The van der Waals surface area contributed by atoms with E-state index in [1.807, 2.05) is 0 Å². The highest BCUT2D eigenvalue weighted by Crippen LogP contribution is 2.22. The van der Waals surface area contributed by atoms with Gasteiger partial charge in [0.15, 0.2) is 0 Å². The Kier molecular flexibility index (Phi) is 11.6. The number of methoxy groups -OCH3 is 2. The smallest absolute Gasteiger partial charge is 0.376 e. The zero-order valence-electron chi connectivity index (χ0n) is 16.1. The Hall–Kier alpha value is -3.12. The minimum atomic E-state index is -1.05. The Morgan fingerprint density at radius 1 is 0.643 bits per heavy atom. The first-order valence-corrected chi connectivity index (χ1v) is 8.03. The van der Waals surface area contributed by atoms with Crippen LogP contribution in [-0.2, 0) is 47.8 Å². The lowest BCUT2D eigenvalue weighted by molar-refractivity contribution is -0.145. The second kappa shape index (κ2) is 13.1. The number of hydrogen-bond acceptors (Lipinski definition) is 12. The van der Waals surface area contributed by atoms with E-state index in [1.165, 1.54) is 6.92 Å². The van der Waals surface area contributed by atoms with E-state index in [1.54, 1.807) is 6.92 Å². The van der Waals surface area contributed by atoms with Crippen molar-refractivity contribution >= 4 is 23.9 Å². The van der Waals surface area contributed by atoms with Gasteiger partial charge in [0.05, 0.1) is 38.6 Å². The average molecular weight is 404 g/mol. The van der Waals surface area contributed by atoms with Crippen molar-refractivity contribution in [2.45, 2.75) is 26.7 Å². The van der Waals surface area contributed by atoms with Crippen molar-refractivity contribution in [2.24, 2.45) is 11.8 Å². The summed E-state index contributed by atoms with van der Waals surface area (Å²) >= 11 is 0. The number of carbonyl (C=O) groups is 4. The van der Waals surface area contributed by atoms with Gasteiger partial charge >= 0.3 is 23.9 Å². The van der Waals surface area contributed by atoms with E-state index in [0.717, 1.165) is 14.2 Å². The van der Waals surface area contributed by atoms with Crippen molar-refractivity contribution in [3.05, 3.63) is 22.7 Å². The van der Waals surface area contributed by atoms with Gasteiger partial charge in [-0.1, -0.05) is 0 Å². The fourth-order valence-electron chi connectivity index (χ4n) is 1.98. The highest BCUT2D eigenvalue weighted by atomic mass is 16.6. The Morgan fingerprint density at radius 2 is 1.04 bits per heavy atom. The number of rotatable bonds is 11. The molecule has 0 unspecified atom stereocenters. The standard InChI is InChI=1S/C16H24N2O10/c1-5-25-14(20)10(12(28-18)16(22)26-6-2)8-7-9(13(19)23-3)11(27-17)15(21)24-4/h5-8,17-18H2,1-4H3. The largest absolute Gasteiger partial charge is 0.466 e. The molecular formula is C16H24N2O10. The summed E-state index contributed by atoms with van der Waals surface area (Å²) in [6, 6.07) is 0. The first kappa shape index (κ1) is 24.9. The first-order valence-electron chi connectivity index (χ1n) is 8.03. The highest BCUT2D eigenvalue weighted by molar-refractivity contribution is 6.00. The van der Waals surface area contributed by atoms with E-state index >= 15 is 0 Å². The van der Waals surface area contributed by atoms with Crippen LogP contribution in [0.15, 0.2) is 22.7 Å². The minimum absolute atomic E-state index is 0.0113. The van der Waals surface area contributed by atoms with Crippen LogP contribution in [0.4, 0.5) is 0 Å². The molecule has 0 aromatic heterocycles. The SMILES string of the molecule is CCOC(=O)C(CCC(C(=O)OC)=C(ON)C(=O)OC)=C(ON)C(=O)OCC. The average Bonchev–Trinajstić information content (AvgIpc) is 2.69. The van der Waals surface area contributed by atoms with Gasteiger partial charge in [0.1, 0.15) is 0 Å². The molecule has 0 aromatic rings. The van der Waals surface area contributed by atoms with E-state index in [-0.39, 0.29) is 37.2 Å². The molecule has 0 aromatic carbocycles. The summed E-state index contributed by atoms with van der Waals surface area (Å²) < 4.78 is 18.7. The molecule has 28 heavy (non-hydrogen) atoms. The Morgan fingerprint density at radius 3 is 1.43 bits per heavy atom. The van der Waals surface area contributed by atoms with Gasteiger partial charge in [-0.15, -0.1) is 0 Å². The molecule has 0 radical (unpaired) electrons. The molecule has 0 aliphatic rings. The van der Waals surface area contributed by atoms with Crippen molar-refractivity contribution in [1.82, 2.24) is 0 Å². The molecule has 0 bridgehead atoms. The summed E-state index contributed by atoms with van der Waals surface area (Å²) in [5.41, 5.74) is -0.677. The van der Waals surface area contributed by atoms with Crippen molar-refractivity contribution in [3.63, 3.8) is 0 Å². The van der Waals surface area contributed by atoms with Gasteiger partial charge in [-0.25, -0.2) is 19.2 Å². The fraction of sp³-hybridized carbons (Fsp3) is 0.500. The Bertz CT molecular complexity index is 654. The summed E-state index contributed by atoms with van der Waals surface area (Å²) in [5, 5.41) is 0. The van der Waals surface area contributed by atoms with Crippen LogP contribution in [0.2, 0.25) is 0 Å². The fourth-order valence-corrected chi connectivity index (χ4v) is 1.98. The van der Waals surface area contributed by atoms with Crippen LogP contribution in [0.3, 0.4) is 0 Å². The van der Waals surface area contributed by atoms with Crippen molar-refractivity contribution < 1.29 is 47.8 Å². The molecule has 0 heterocycles. The Labute approximate surface area is 161 Å². The van der Waals surface area contributed by atoms with Gasteiger partial charge < -0.3 is 28.6 Å². The Balaban J connectivity index is 6.12. The molecule has 0 fully saturated rings. The van der Waals surface area contributed by atoms with Gasteiger partial charge in [0.25, 0.3) is 0 Å². The van der Waals surface area contributed by atoms with Gasteiger partial charge in [0, 0.05) is 0 Å². The lowest BCUT2D eigenvalue weighted by Crippen LogP contribution is -2.22. The molecule has 0 rings (SSSR count). The number of hydrogen-bond donors (Lipinski definition) is 2. The number of carbonyl (C=O) groups excluding carboxylic acids is 4. The second-order valence-electron chi connectivity index (χ2n) is 4.78. The summed E-state index contributed by atoms with van der Waals surface area (Å²) in [4.78, 5) is 56.9. The molecule has 4 N–H and O–H groups in total. The van der Waals surface area contributed by atoms with Gasteiger partial charge in [-0.05, 0) is 26.7 Å². The highest BCUT2D eigenvalue weighted by Gasteiger charge is 2.29. The van der Waals surface area contributed by atoms with Gasteiger partial charge in [-0.3, -0.25) is 0 Å². The van der Waals surface area contributed by atoms with Crippen molar-refractivity contribution in [1.29, 1.82) is 0 Å². The number of nitrogens with two attached hydrogens (primary N) is 2. The molecule has 0 aliphatic carbocycles. The summed E-state index contributed by atoms with van der Waals surface area (Å²) in [6.45, 7) is 3.06. The molecule has 0 amide bonds. The molecule has 12 nitrogen and oxygen atoms in total. The van der Waals surface area contributed by atoms with Crippen LogP contribution in [0.25, 0.3) is 0 Å². The van der Waals surface area contributed by atoms with Crippen LogP contribution in [-0.4, -0.2) is 51.3 Å². The predicted octanol–water partition coefficient (Wildman–Crippen LogP) is -0.472. The van der Waals surface area contributed by atoms with Crippen LogP contribution in [0.5, 0.6) is 0 Å². The van der Waals surface area contributed by atoms with Crippen LogP contribution >= 0.6 is 0 Å². The third-order valence-corrected chi connectivity index (χ3v) is 3.19. The molecule has 0 atom stereocenters. The van der Waals surface area contributed by atoms with Gasteiger partial charge in [0.2, 0.25) is 11.5 Å². The van der Waals surface area contributed by atoms with E-state index in [9.17, 15) is 19.2 Å². The minimum Gasteiger partial charge on any atom is -0.466 e. The van der Waals surface area contributed by atoms with E-state index in [4.69, 9.17) is 21.3 Å². The lowest BCUT2D eigenvalue weighted by atomic mass is 10.0. The van der Waals surface area contributed by atoms with Crippen molar-refractivity contribution in [3.8, 4) is 0 Å². The van der Waals surface area contributed by atoms with E-state index in [0.29, 0.717) is 0 Å². The first-order chi connectivity index (χ1) is 13.3. The molecule has 12 heteroatoms. The molecular weight excluding hydrogens is 380 g/mol. The third kappa shape index (κ3) is 6.89. The zero-order valence-corrected chi connectivity index (χ0v) is 16.1. The molecule has 0 spiro atoms. The molecule has 0 saturated heterocycles. The number of esters is 4. The second-order valence-corrected chi connectivity index (χ2v) is 4.78. The van der Waals surface area contributed by atoms with Crippen LogP contribution in [0.1, 0.15) is 26.7 Å². The maximum atomic E-state index is 12.2. The van der Waals surface area contributed by atoms with E-state index in [2.05, 4.69) is 19.1 Å². The quantitative estimate of drug-likeness (QED) is 0.149. The van der Waals surface area contributed by atoms with Crippen LogP contribution in [0, 0.1) is 0 Å². The maximum Gasteiger partial charge on any atom is 0.376 e. The normalized spacial score (nSPS) is 12.1. The zero-order chi connectivity index (χ0) is 21.7. The molecule has 0 saturated carbocycles. The summed E-state index contributed by atoms with van der Waals surface area (Å²) in [6.07, 6.45) is -0.673. The van der Waals surface area contributed by atoms with Gasteiger partial charge in [-0.2, -0.15) is 11.8 Å². The lowest BCUT2D eigenvalue weighted by Gasteiger charge is -2.14. The monoisotopic (exact) mass is 404 g/mol. The van der Waals surface area contributed by atoms with Crippen molar-refractivity contribution in [2.75, 3.05) is 27.4 Å². The predicted molar refractivity (Wildman–Crippen MR) is 91.1 cm³/mol. The molecule has 158 valence electrons. The molecule has 0 aliphatic heterocycles. The maximum absolute atomic E-state index is 12.2. The summed E-state index contributed by atoms with van der Waals surface area (Å²) in [7, 11) is 2.10. The topological polar surface area (TPSA) is 176 Å². The number of ether oxygens (including phenoxy) is 4. The van der Waals surface area contributed by atoms with Crippen LogP contribution < -0.4 is 11.8 Å². The third-order valence-electron chi connectivity index (χ3n) is 3.19. The summed E-state index contributed by atoms with van der Waals surface area (Å²) in [5.74, 6) is 4.92.